The third-order valence-electron chi connectivity index (χ3n) is 5.18. The first-order valence-corrected chi connectivity index (χ1v) is 7.90. The van der Waals surface area contributed by atoms with Crippen molar-refractivity contribution in [3.8, 4) is 5.75 Å². The van der Waals surface area contributed by atoms with Gasteiger partial charge in [-0.15, -0.1) is 0 Å². The van der Waals surface area contributed by atoms with Crippen molar-refractivity contribution in [2.75, 3.05) is 21.2 Å². The van der Waals surface area contributed by atoms with Gasteiger partial charge in [-0.25, -0.2) is 0 Å². The number of hydrogen-bond donors (Lipinski definition) is 1. The SMILES string of the molecule is COc1ccc(C(O)C2(N(C)C)CCCC(C)C2)c(C)c1. The Balaban J connectivity index is 2.37. The molecule has 1 saturated carbocycles. The summed E-state index contributed by atoms with van der Waals surface area (Å²) >= 11 is 0. The Morgan fingerprint density at radius 3 is 2.62 bits per heavy atom. The number of likely N-dealkylation sites (N-methyl/N-ethyl adjacent to an activating group) is 1. The highest BCUT2D eigenvalue weighted by Crippen LogP contribution is 2.44. The zero-order chi connectivity index (χ0) is 15.6. The lowest BCUT2D eigenvalue weighted by Crippen LogP contribution is -2.52. The van der Waals surface area contributed by atoms with E-state index in [2.05, 4.69) is 32.8 Å². The van der Waals surface area contributed by atoms with Gasteiger partial charge in [0.1, 0.15) is 5.75 Å². The maximum Gasteiger partial charge on any atom is 0.119 e. The van der Waals surface area contributed by atoms with E-state index in [-0.39, 0.29) is 5.54 Å². The number of hydrogen-bond acceptors (Lipinski definition) is 3. The number of ether oxygens (including phenoxy) is 1. The number of benzene rings is 1. The Kier molecular flexibility index (Phi) is 4.95. The van der Waals surface area contributed by atoms with Gasteiger partial charge in [-0.1, -0.05) is 25.8 Å². The minimum absolute atomic E-state index is 0.156. The summed E-state index contributed by atoms with van der Waals surface area (Å²) < 4.78 is 5.27. The topological polar surface area (TPSA) is 32.7 Å². The van der Waals surface area contributed by atoms with Gasteiger partial charge in [-0.2, -0.15) is 0 Å². The molecule has 1 aliphatic rings. The Hall–Kier alpha value is -1.06. The molecule has 0 bridgehead atoms. The van der Waals surface area contributed by atoms with E-state index >= 15 is 0 Å². The maximum atomic E-state index is 11.1. The van der Waals surface area contributed by atoms with Gasteiger partial charge in [0.15, 0.2) is 0 Å². The van der Waals surface area contributed by atoms with Gasteiger partial charge in [0.2, 0.25) is 0 Å². The van der Waals surface area contributed by atoms with E-state index in [1.54, 1.807) is 7.11 Å². The fourth-order valence-corrected chi connectivity index (χ4v) is 3.83. The van der Waals surface area contributed by atoms with Crippen LogP contribution in [0.25, 0.3) is 0 Å². The highest BCUT2D eigenvalue weighted by molar-refractivity contribution is 5.37. The fourth-order valence-electron chi connectivity index (χ4n) is 3.83. The molecule has 118 valence electrons. The fraction of sp³-hybridized carbons (Fsp3) is 0.667. The molecule has 3 heteroatoms. The Labute approximate surface area is 128 Å². The minimum Gasteiger partial charge on any atom is -0.497 e. The molecule has 3 atom stereocenters. The number of rotatable bonds is 4. The van der Waals surface area contributed by atoms with Crippen molar-refractivity contribution in [2.45, 2.75) is 51.2 Å². The third kappa shape index (κ3) is 3.09. The molecule has 0 amide bonds. The summed E-state index contributed by atoms with van der Waals surface area (Å²) in [6.07, 6.45) is 4.10. The van der Waals surface area contributed by atoms with Crippen LogP contribution in [0.3, 0.4) is 0 Å². The molecule has 0 heterocycles. The molecule has 1 aromatic rings. The molecule has 3 nitrogen and oxygen atoms in total. The van der Waals surface area contributed by atoms with Crippen molar-refractivity contribution in [1.29, 1.82) is 0 Å². The van der Waals surface area contributed by atoms with Crippen LogP contribution < -0.4 is 4.74 Å². The van der Waals surface area contributed by atoms with Crippen LogP contribution in [0.5, 0.6) is 5.75 Å². The molecule has 1 N–H and O–H groups in total. The van der Waals surface area contributed by atoms with E-state index < -0.39 is 6.10 Å². The number of methoxy groups -OCH3 is 1. The molecule has 0 aliphatic heterocycles. The van der Waals surface area contributed by atoms with Crippen LogP contribution in [0.4, 0.5) is 0 Å². The predicted octanol–water partition coefficient (Wildman–Crippen LogP) is 3.55. The monoisotopic (exact) mass is 291 g/mol. The molecular formula is C18H29NO2. The second-order valence-corrected chi connectivity index (χ2v) is 6.82. The van der Waals surface area contributed by atoms with Gasteiger partial charge in [-0.3, -0.25) is 0 Å². The quantitative estimate of drug-likeness (QED) is 0.921. The Morgan fingerprint density at radius 1 is 1.38 bits per heavy atom. The van der Waals surface area contributed by atoms with Gasteiger partial charge >= 0.3 is 0 Å². The van der Waals surface area contributed by atoms with Crippen molar-refractivity contribution in [2.24, 2.45) is 5.92 Å². The highest BCUT2D eigenvalue weighted by Gasteiger charge is 2.44. The lowest BCUT2D eigenvalue weighted by atomic mass is 9.70. The second-order valence-electron chi connectivity index (χ2n) is 6.82. The van der Waals surface area contributed by atoms with Crippen LogP contribution in [0, 0.1) is 12.8 Å². The molecule has 0 radical (unpaired) electrons. The summed E-state index contributed by atoms with van der Waals surface area (Å²) in [5, 5.41) is 11.1. The lowest BCUT2D eigenvalue weighted by Gasteiger charge is -2.48. The smallest absolute Gasteiger partial charge is 0.119 e. The van der Waals surface area contributed by atoms with Crippen molar-refractivity contribution in [1.82, 2.24) is 4.90 Å². The molecule has 2 rings (SSSR count). The summed E-state index contributed by atoms with van der Waals surface area (Å²) in [6.45, 7) is 4.35. The summed E-state index contributed by atoms with van der Waals surface area (Å²) in [6, 6.07) is 5.97. The molecule has 0 aromatic heterocycles. The molecular weight excluding hydrogens is 262 g/mol. The maximum absolute atomic E-state index is 11.1. The summed E-state index contributed by atoms with van der Waals surface area (Å²) in [4.78, 5) is 2.23. The van der Waals surface area contributed by atoms with Crippen molar-refractivity contribution in [3.63, 3.8) is 0 Å². The molecule has 1 aliphatic carbocycles. The number of nitrogens with zero attached hydrogens (tertiary/aromatic N) is 1. The summed E-state index contributed by atoms with van der Waals surface area (Å²) in [5.74, 6) is 1.51. The van der Waals surface area contributed by atoms with Crippen LogP contribution in [0.1, 0.15) is 49.8 Å². The van der Waals surface area contributed by atoms with Gasteiger partial charge in [0, 0.05) is 0 Å². The van der Waals surface area contributed by atoms with Gasteiger partial charge in [0.05, 0.1) is 18.8 Å². The average Bonchev–Trinajstić information content (AvgIpc) is 2.46. The summed E-state index contributed by atoms with van der Waals surface area (Å²) in [5.41, 5.74) is 1.97. The van der Waals surface area contributed by atoms with Gasteiger partial charge in [-0.05, 0) is 63.0 Å². The number of aryl methyl sites for hydroxylation is 1. The van der Waals surface area contributed by atoms with E-state index in [4.69, 9.17) is 4.74 Å². The van der Waals surface area contributed by atoms with E-state index in [9.17, 15) is 5.11 Å². The predicted molar refractivity (Wildman–Crippen MR) is 86.7 cm³/mol. The zero-order valence-corrected chi connectivity index (χ0v) is 14.0. The Bertz CT molecular complexity index is 486. The van der Waals surface area contributed by atoms with Crippen LogP contribution in [0.15, 0.2) is 18.2 Å². The van der Waals surface area contributed by atoms with Crippen LogP contribution in [0.2, 0.25) is 0 Å². The first-order chi connectivity index (χ1) is 9.90. The van der Waals surface area contributed by atoms with Crippen LogP contribution in [-0.4, -0.2) is 36.8 Å². The van der Waals surface area contributed by atoms with Crippen molar-refractivity contribution < 1.29 is 9.84 Å². The summed E-state index contributed by atoms with van der Waals surface area (Å²) in [7, 11) is 5.87. The largest absolute Gasteiger partial charge is 0.497 e. The number of aliphatic hydroxyl groups is 1. The molecule has 0 spiro atoms. The molecule has 21 heavy (non-hydrogen) atoms. The molecule has 1 aromatic carbocycles. The van der Waals surface area contributed by atoms with E-state index in [1.807, 2.05) is 18.2 Å². The molecule has 3 unspecified atom stereocenters. The zero-order valence-electron chi connectivity index (χ0n) is 14.0. The van der Waals surface area contributed by atoms with Crippen LogP contribution in [-0.2, 0) is 0 Å². The normalized spacial score (nSPS) is 27.7. The van der Waals surface area contributed by atoms with Gasteiger partial charge in [0.25, 0.3) is 0 Å². The first-order valence-electron chi connectivity index (χ1n) is 7.90. The second kappa shape index (κ2) is 6.37. The Morgan fingerprint density at radius 2 is 2.10 bits per heavy atom. The lowest BCUT2D eigenvalue weighted by molar-refractivity contribution is -0.0453. The average molecular weight is 291 g/mol. The van der Waals surface area contributed by atoms with Gasteiger partial charge < -0.3 is 14.7 Å². The number of aliphatic hydroxyl groups excluding tert-OH is 1. The standard InChI is InChI=1S/C18H29NO2/c1-13-7-6-10-18(12-13,19(3)4)17(20)16-9-8-15(21-5)11-14(16)2/h8-9,11,13,17,20H,6-7,10,12H2,1-5H3. The third-order valence-corrected chi connectivity index (χ3v) is 5.18. The molecule has 1 fully saturated rings. The van der Waals surface area contributed by atoms with Crippen molar-refractivity contribution >= 4 is 0 Å². The highest BCUT2D eigenvalue weighted by atomic mass is 16.5. The molecule has 0 saturated heterocycles. The van der Waals surface area contributed by atoms with E-state index in [0.717, 1.165) is 29.7 Å². The van der Waals surface area contributed by atoms with E-state index in [0.29, 0.717) is 5.92 Å². The van der Waals surface area contributed by atoms with Crippen molar-refractivity contribution in [3.05, 3.63) is 29.3 Å². The van der Waals surface area contributed by atoms with Crippen LogP contribution >= 0.6 is 0 Å². The first kappa shape index (κ1) is 16.3. The van der Waals surface area contributed by atoms with E-state index in [1.165, 1.54) is 12.8 Å². The minimum atomic E-state index is -0.457.